The highest BCUT2D eigenvalue weighted by molar-refractivity contribution is 9.11. The molecular weight excluding hydrogens is 542 g/mol. The number of fused-ring (bicyclic) bond motifs is 3. The van der Waals surface area contributed by atoms with E-state index in [4.69, 9.17) is 19.4 Å². The molecule has 2 aromatic heterocycles. The van der Waals surface area contributed by atoms with Gasteiger partial charge in [-0.3, -0.25) is 0 Å². The van der Waals surface area contributed by atoms with E-state index in [1.807, 2.05) is 78.9 Å². The second-order valence-electron chi connectivity index (χ2n) is 7.64. The molecule has 0 unspecified atom stereocenters. The number of rotatable bonds is 3. The molecule has 0 amide bonds. The molecular formula is C27H15Br2N3O. The lowest BCUT2D eigenvalue weighted by atomic mass is 10.1. The molecule has 4 aromatic carbocycles. The number of halogens is 2. The Kier molecular flexibility index (Phi) is 5.04. The second-order valence-corrected chi connectivity index (χ2v) is 9.47. The minimum atomic E-state index is 0.595. The summed E-state index contributed by atoms with van der Waals surface area (Å²) in [6.45, 7) is 0. The van der Waals surface area contributed by atoms with Gasteiger partial charge in [0, 0.05) is 36.4 Å². The van der Waals surface area contributed by atoms with Crippen molar-refractivity contribution in [3.63, 3.8) is 0 Å². The third kappa shape index (κ3) is 3.86. The molecule has 0 aliphatic carbocycles. The molecule has 0 bridgehead atoms. The van der Waals surface area contributed by atoms with Gasteiger partial charge in [0.05, 0.1) is 0 Å². The Hall–Kier alpha value is -3.35. The van der Waals surface area contributed by atoms with Crippen LogP contribution in [0.25, 0.3) is 56.1 Å². The zero-order valence-corrected chi connectivity index (χ0v) is 20.3. The summed E-state index contributed by atoms with van der Waals surface area (Å²) in [7, 11) is 0. The summed E-state index contributed by atoms with van der Waals surface area (Å²) in [6, 6.07) is 30.1. The molecule has 2 heterocycles. The third-order valence-corrected chi connectivity index (χ3v) is 6.34. The van der Waals surface area contributed by atoms with E-state index in [1.54, 1.807) is 0 Å². The van der Waals surface area contributed by atoms with Crippen LogP contribution in [0.2, 0.25) is 0 Å². The Morgan fingerprint density at radius 3 is 1.85 bits per heavy atom. The van der Waals surface area contributed by atoms with Gasteiger partial charge in [-0.2, -0.15) is 0 Å². The van der Waals surface area contributed by atoms with Crippen molar-refractivity contribution in [2.45, 2.75) is 0 Å². The lowest BCUT2D eigenvalue weighted by molar-refractivity contribution is 0.669. The number of aromatic nitrogens is 3. The van der Waals surface area contributed by atoms with Gasteiger partial charge in [0.1, 0.15) is 11.2 Å². The van der Waals surface area contributed by atoms with Crippen LogP contribution in [0.3, 0.4) is 0 Å². The molecule has 6 heteroatoms. The number of hydrogen-bond donors (Lipinski definition) is 0. The first-order valence-corrected chi connectivity index (χ1v) is 11.9. The zero-order valence-electron chi connectivity index (χ0n) is 17.2. The van der Waals surface area contributed by atoms with Crippen molar-refractivity contribution in [2.24, 2.45) is 0 Å². The SMILES string of the molecule is Brc1cc(Br)cc(-c2nc(-c3ccccc3)nc(-c3ccc4c(c3)oc3ccccc34)n2)c1. The van der Waals surface area contributed by atoms with Crippen LogP contribution in [-0.2, 0) is 0 Å². The maximum Gasteiger partial charge on any atom is 0.164 e. The molecule has 158 valence electrons. The van der Waals surface area contributed by atoms with Gasteiger partial charge in [0.15, 0.2) is 17.5 Å². The first-order valence-electron chi connectivity index (χ1n) is 10.3. The van der Waals surface area contributed by atoms with Gasteiger partial charge in [-0.05, 0) is 36.4 Å². The fourth-order valence-electron chi connectivity index (χ4n) is 3.90. The van der Waals surface area contributed by atoms with Crippen LogP contribution in [0.1, 0.15) is 0 Å². The van der Waals surface area contributed by atoms with Gasteiger partial charge in [-0.1, -0.05) is 86.5 Å². The van der Waals surface area contributed by atoms with Gasteiger partial charge in [-0.15, -0.1) is 0 Å². The quantitative estimate of drug-likeness (QED) is 0.220. The molecule has 0 radical (unpaired) electrons. The molecule has 0 spiro atoms. The van der Waals surface area contributed by atoms with Crippen LogP contribution in [0.4, 0.5) is 0 Å². The van der Waals surface area contributed by atoms with Crippen molar-refractivity contribution >= 4 is 53.8 Å². The van der Waals surface area contributed by atoms with E-state index in [-0.39, 0.29) is 0 Å². The molecule has 6 aromatic rings. The van der Waals surface area contributed by atoms with Gasteiger partial charge < -0.3 is 4.42 Å². The van der Waals surface area contributed by atoms with Crippen molar-refractivity contribution in [3.8, 4) is 34.2 Å². The summed E-state index contributed by atoms with van der Waals surface area (Å²) < 4.78 is 7.98. The first-order chi connectivity index (χ1) is 16.1. The topological polar surface area (TPSA) is 51.8 Å². The fraction of sp³-hybridized carbons (Fsp3) is 0. The van der Waals surface area contributed by atoms with E-state index in [0.29, 0.717) is 17.5 Å². The molecule has 0 saturated carbocycles. The molecule has 4 nitrogen and oxygen atoms in total. The molecule has 0 saturated heterocycles. The molecule has 0 aliphatic heterocycles. The summed E-state index contributed by atoms with van der Waals surface area (Å²) in [6.07, 6.45) is 0. The van der Waals surface area contributed by atoms with E-state index in [0.717, 1.165) is 47.6 Å². The summed E-state index contributed by atoms with van der Waals surface area (Å²) in [5.74, 6) is 1.82. The Morgan fingerprint density at radius 1 is 0.485 bits per heavy atom. The summed E-state index contributed by atoms with van der Waals surface area (Å²) in [4.78, 5) is 14.4. The second kappa shape index (κ2) is 8.21. The molecule has 0 N–H and O–H groups in total. The Labute approximate surface area is 206 Å². The normalized spacial score (nSPS) is 11.3. The standard InChI is InChI=1S/C27H15Br2N3O/c28-19-12-18(13-20(29)15-19)27-31-25(16-6-2-1-3-7-16)30-26(32-27)17-10-11-22-21-8-4-5-9-23(21)33-24(22)14-17/h1-15H. The number of hydrogen-bond acceptors (Lipinski definition) is 4. The largest absolute Gasteiger partial charge is 0.456 e. The van der Waals surface area contributed by atoms with Gasteiger partial charge in [0.2, 0.25) is 0 Å². The van der Waals surface area contributed by atoms with Crippen molar-refractivity contribution in [1.82, 2.24) is 15.0 Å². The van der Waals surface area contributed by atoms with Crippen LogP contribution >= 0.6 is 31.9 Å². The molecule has 6 rings (SSSR count). The number of furan rings is 1. The predicted octanol–water partition coefficient (Wildman–Crippen LogP) is 8.30. The molecule has 33 heavy (non-hydrogen) atoms. The minimum absolute atomic E-state index is 0.595. The third-order valence-electron chi connectivity index (χ3n) is 5.43. The van der Waals surface area contributed by atoms with E-state index >= 15 is 0 Å². The summed E-state index contributed by atoms with van der Waals surface area (Å²) in [5, 5.41) is 2.17. The number of para-hydroxylation sites is 1. The lowest BCUT2D eigenvalue weighted by Crippen LogP contribution is -2.00. The van der Waals surface area contributed by atoms with Crippen molar-refractivity contribution in [2.75, 3.05) is 0 Å². The minimum Gasteiger partial charge on any atom is -0.456 e. The first kappa shape index (κ1) is 20.3. The molecule has 0 fully saturated rings. The average molecular weight is 557 g/mol. The van der Waals surface area contributed by atoms with Crippen molar-refractivity contribution in [1.29, 1.82) is 0 Å². The molecule has 0 atom stereocenters. The van der Waals surface area contributed by atoms with Crippen LogP contribution in [0.15, 0.2) is 104 Å². The van der Waals surface area contributed by atoms with Crippen molar-refractivity contribution in [3.05, 3.63) is 99.9 Å². The maximum atomic E-state index is 6.09. The van der Waals surface area contributed by atoms with E-state index in [2.05, 4.69) is 44.0 Å². The van der Waals surface area contributed by atoms with Crippen LogP contribution in [0.5, 0.6) is 0 Å². The lowest BCUT2D eigenvalue weighted by Gasteiger charge is -2.09. The highest BCUT2D eigenvalue weighted by atomic mass is 79.9. The highest BCUT2D eigenvalue weighted by Gasteiger charge is 2.15. The van der Waals surface area contributed by atoms with Crippen LogP contribution in [-0.4, -0.2) is 15.0 Å². The Balaban J connectivity index is 1.57. The number of benzene rings is 4. The summed E-state index contributed by atoms with van der Waals surface area (Å²) >= 11 is 7.13. The maximum absolute atomic E-state index is 6.09. The van der Waals surface area contributed by atoms with Gasteiger partial charge in [-0.25, -0.2) is 15.0 Å². The Morgan fingerprint density at radius 2 is 1.09 bits per heavy atom. The van der Waals surface area contributed by atoms with Gasteiger partial charge >= 0.3 is 0 Å². The Bertz CT molecular complexity index is 1620. The van der Waals surface area contributed by atoms with E-state index < -0.39 is 0 Å². The summed E-state index contributed by atoms with van der Waals surface area (Å²) in [5.41, 5.74) is 4.37. The van der Waals surface area contributed by atoms with Crippen LogP contribution < -0.4 is 0 Å². The van der Waals surface area contributed by atoms with E-state index in [1.165, 1.54) is 0 Å². The van der Waals surface area contributed by atoms with Crippen molar-refractivity contribution < 1.29 is 4.42 Å². The smallest absolute Gasteiger partial charge is 0.164 e. The fourth-order valence-corrected chi connectivity index (χ4v) is 5.19. The average Bonchev–Trinajstić information content (AvgIpc) is 3.21. The monoisotopic (exact) mass is 555 g/mol. The highest BCUT2D eigenvalue weighted by Crippen LogP contribution is 2.33. The number of nitrogens with zero attached hydrogens (tertiary/aromatic N) is 3. The van der Waals surface area contributed by atoms with Gasteiger partial charge in [0.25, 0.3) is 0 Å². The zero-order chi connectivity index (χ0) is 22.4. The molecule has 0 aliphatic rings. The van der Waals surface area contributed by atoms with E-state index in [9.17, 15) is 0 Å². The predicted molar refractivity (Wildman–Crippen MR) is 139 cm³/mol. The van der Waals surface area contributed by atoms with Crippen LogP contribution in [0, 0.1) is 0 Å².